The van der Waals surface area contributed by atoms with Gasteiger partial charge in [0.2, 0.25) is 5.76 Å². The third-order valence-corrected chi connectivity index (χ3v) is 4.75. The Hall–Kier alpha value is -4.06. The van der Waals surface area contributed by atoms with Crippen molar-refractivity contribution in [2.45, 2.75) is 0 Å². The standard InChI is InChI=1S/C24H19NO5/c1-28-19-13-12-16(14-20(19)29-2)25-23(26)22-21(15-8-4-3-5-9-15)17-10-6-7-11-18(17)24(27)30-22/h3-14H,1-2H3,(H,25,26). The zero-order valence-corrected chi connectivity index (χ0v) is 16.5. The van der Waals surface area contributed by atoms with Crippen molar-refractivity contribution in [1.82, 2.24) is 0 Å². The minimum absolute atomic E-state index is 0.0558. The maximum Gasteiger partial charge on any atom is 0.344 e. The van der Waals surface area contributed by atoms with Crippen LogP contribution in [0.25, 0.3) is 21.9 Å². The van der Waals surface area contributed by atoms with Gasteiger partial charge in [0.1, 0.15) is 0 Å². The molecule has 0 bridgehead atoms. The zero-order chi connectivity index (χ0) is 21.1. The molecule has 0 atom stereocenters. The van der Waals surface area contributed by atoms with E-state index in [1.165, 1.54) is 14.2 Å². The Bertz CT molecular complexity index is 1280. The van der Waals surface area contributed by atoms with E-state index in [1.807, 2.05) is 42.5 Å². The minimum atomic E-state index is -0.567. The average Bonchev–Trinajstić information content (AvgIpc) is 2.79. The van der Waals surface area contributed by atoms with Gasteiger partial charge in [-0.3, -0.25) is 4.79 Å². The summed E-state index contributed by atoms with van der Waals surface area (Å²) in [5.41, 5.74) is 1.24. The zero-order valence-electron chi connectivity index (χ0n) is 16.5. The predicted octanol–water partition coefficient (Wildman–Crippen LogP) is 4.73. The number of nitrogens with one attached hydrogen (secondary N) is 1. The second-order valence-corrected chi connectivity index (χ2v) is 6.53. The van der Waals surface area contributed by atoms with Gasteiger partial charge in [-0.1, -0.05) is 48.5 Å². The molecule has 0 spiro atoms. The molecule has 0 unspecified atom stereocenters. The van der Waals surface area contributed by atoms with Gasteiger partial charge in [0.05, 0.1) is 19.6 Å². The highest BCUT2D eigenvalue weighted by Crippen LogP contribution is 2.33. The molecule has 0 fully saturated rings. The van der Waals surface area contributed by atoms with Gasteiger partial charge in [0.25, 0.3) is 5.91 Å². The molecule has 0 saturated heterocycles. The third kappa shape index (κ3) is 3.51. The molecular weight excluding hydrogens is 382 g/mol. The van der Waals surface area contributed by atoms with Crippen molar-refractivity contribution in [3.8, 4) is 22.6 Å². The normalized spacial score (nSPS) is 10.6. The SMILES string of the molecule is COc1ccc(NC(=O)c2oc(=O)c3ccccc3c2-c2ccccc2)cc1OC. The molecule has 30 heavy (non-hydrogen) atoms. The molecule has 0 aliphatic rings. The number of anilines is 1. The van der Waals surface area contributed by atoms with E-state index in [4.69, 9.17) is 13.9 Å². The molecule has 1 heterocycles. The lowest BCUT2D eigenvalue weighted by Gasteiger charge is -2.13. The van der Waals surface area contributed by atoms with Gasteiger partial charge in [-0.2, -0.15) is 0 Å². The quantitative estimate of drug-likeness (QED) is 0.523. The molecule has 3 aromatic carbocycles. The number of fused-ring (bicyclic) bond motifs is 1. The number of amides is 1. The molecule has 150 valence electrons. The van der Waals surface area contributed by atoms with E-state index in [9.17, 15) is 9.59 Å². The minimum Gasteiger partial charge on any atom is -0.493 e. The van der Waals surface area contributed by atoms with Crippen molar-refractivity contribution in [3.63, 3.8) is 0 Å². The second-order valence-electron chi connectivity index (χ2n) is 6.53. The van der Waals surface area contributed by atoms with Crippen LogP contribution in [0, 0.1) is 0 Å². The summed E-state index contributed by atoms with van der Waals surface area (Å²) in [5, 5.41) is 3.85. The molecule has 4 aromatic rings. The molecule has 0 aliphatic heterocycles. The lowest BCUT2D eigenvalue weighted by atomic mass is 9.98. The third-order valence-electron chi connectivity index (χ3n) is 4.75. The number of carbonyl (C=O) groups is 1. The smallest absolute Gasteiger partial charge is 0.344 e. The number of rotatable bonds is 5. The predicted molar refractivity (Wildman–Crippen MR) is 115 cm³/mol. The number of ether oxygens (including phenoxy) is 2. The van der Waals surface area contributed by atoms with Crippen molar-refractivity contribution in [2.75, 3.05) is 19.5 Å². The summed E-state index contributed by atoms with van der Waals surface area (Å²) in [6.45, 7) is 0. The largest absolute Gasteiger partial charge is 0.493 e. The van der Waals surface area contributed by atoms with Crippen molar-refractivity contribution in [2.24, 2.45) is 0 Å². The first-order valence-electron chi connectivity index (χ1n) is 9.27. The lowest BCUT2D eigenvalue weighted by Crippen LogP contribution is -2.17. The van der Waals surface area contributed by atoms with Crippen LogP contribution in [-0.2, 0) is 0 Å². The Balaban J connectivity index is 1.84. The van der Waals surface area contributed by atoms with Crippen LogP contribution in [-0.4, -0.2) is 20.1 Å². The first-order chi connectivity index (χ1) is 14.6. The topological polar surface area (TPSA) is 77.8 Å². The average molecular weight is 401 g/mol. The first-order valence-corrected chi connectivity index (χ1v) is 9.27. The van der Waals surface area contributed by atoms with E-state index in [0.717, 1.165) is 5.56 Å². The van der Waals surface area contributed by atoms with Gasteiger partial charge in [0.15, 0.2) is 11.5 Å². The van der Waals surface area contributed by atoms with Crippen LogP contribution in [0.4, 0.5) is 5.69 Å². The number of hydrogen-bond acceptors (Lipinski definition) is 5. The molecule has 1 amide bonds. The van der Waals surface area contributed by atoms with Crippen LogP contribution in [0.2, 0.25) is 0 Å². The number of benzene rings is 3. The Kier molecular flexibility index (Phi) is 5.22. The first kappa shape index (κ1) is 19.3. The summed E-state index contributed by atoms with van der Waals surface area (Å²) in [6, 6.07) is 21.4. The van der Waals surface area contributed by atoms with E-state index in [-0.39, 0.29) is 5.76 Å². The molecular formula is C24H19NO5. The van der Waals surface area contributed by atoms with Crippen LogP contribution in [0.3, 0.4) is 0 Å². The van der Waals surface area contributed by atoms with Gasteiger partial charge in [-0.15, -0.1) is 0 Å². The second kappa shape index (κ2) is 8.13. The Morgan fingerprint density at radius 3 is 2.20 bits per heavy atom. The van der Waals surface area contributed by atoms with E-state index < -0.39 is 11.5 Å². The Labute approximate surface area is 172 Å². The van der Waals surface area contributed by atoms with E-state index in [1.54, 1.807) is 30.3 Å². The van der Waals surface area contributed by atoms with Gasteiger partial charge in [0, 0.05) is 22.7 Å². The monoisotopic (exact) mass is 401 g/mol. The summed E-state index contributed by atoms with van der Waals surface area (Å²) in [5.74, 6) is 0.417. The van der Waals surface area contributed by atoms with Crippen LogP contribution in [0.1, 0.15) is 10.6 Å². The summed E-state index contributed by atoms with van der Waals surface area (Å²) in [4.78, 5) is 25.7. The fourth-order valence-corrected chi connectivity index (χ4v) is 3.35. The van der Waals surface area contributed by atoms with E-state index in [0.29, 0.717) is 33.5 Å². The maximum atomic E-state index is 13.1. The lowest BCUT2D eigenvalue weighted by molar-refractivity contribution is 0.0994. The summed E-state index contributed by atoms with van der Waals surface area (Å²) < 4.78 is 16.0. The van der Waals surface area contributed by atoms with Crippen molar-refractivity contribution in [1.29, 1.82) is 0 Å². The molecule has 0 radical (unpaired) electrons. The van der Waals surface area contributed by atoms with E-state index >= 15 is 0 Å². The fraction of sp³-hybridized carbons (Fsp3) is 0.0833. The molecule has 0 saturated carbocycles. The summed E-state index contributed by atoms with van der Waals surface area (Å²) >= 11 is 0. The number of carbonyl (C=O) groups excluding carboxylic acids is 1. The fourth-order valence-electron chi connectivity index (χ4n) is 3.35. The van der Waals surface area contributed by atoms with Gasteiger partial charge in [-0.05, 0) is 23.8 Å². The molecule has 0 aliphatic carbocycles. The van der Waals surface area contributed by atoms with E-state index in [2.05, 4.69) is 5.32 Å². The van der Waals surface area contributed by atoms with Crippen LogP contribution < -0.4 is 20.4 Å². The molecule has 1 aromatic heterocycles. The van der Waals surface area contributed by atoms with Crippen molar-refractivity contribution >= 4 is 22.4 Å². The van der Waals surface area contributed by atoms with Crippen LogP contribution in [0.5, 0.6) is 11.5 Å². The number of methoxy groups -OCH3 is 2. The van der Waals surface area contributed by atoms with Crippen LogP contribution >= 0.6 is 0 Å². The molecule has 1 N–H and O–H groups in total. The highest BCUT2D eigenvalue weighted by molar-refractivity contribution is 6.11. The summed E-state index contributed by atoms with van der Waals surface area (Å²) in [7, 11) is 3.05. The maximum absolute atomic E-state index is 13.1. The molecule has 6 heteroatoms. The number of hydrogen-bond donors (Lipinski definition) is 1. The van der Waals surface area contributed by atoms with Crippen molar-refractivity contribution < 1.29 is 18.7 Å². The van der Waals surface area contributed by atoms with Gasteiger partial charge < -0.3 is 19.2 Å². The highest BCUT2D eigenvalue weighted by atomic mass is 16.5. The highest BCUT2D eigenvalue weighted by Gasteiger charge is 2.21. The van der Waals surface area contributed by atoms with Gasteiger partial charge >= 0.3 is 5.63 Å². The Morgan fingerprint density at radius 1 is 0.833 bits per heavy atom. The van der Waals surface area contributed by atoms with Crippen molar-refractivity contribution in [3.05, 3.63) is 89.0 Å². The van der Waals surface area contributed by atoms with Crippen LogP contribution in [0.15, 0.2) is 82.0 Å². The Morgan fingerprint density at radius 2 is 1.50 bits per heavy atom. The molecule has 4 rings (SSSR count). The molecule has 6 nitrogen and oxygen atoms in total. The summed E-state index contributed by atoms with van der Waals surface area (Å²) in [6.07, 6.45) is 0. The van der Waals surface area contributed by atoms with Gasteiger partial charge in [-0.25, -0.2) is 4.79 Å².